The molecule has 0 heterocycles. The minimum absolute atomic E-state index is 0.0190. The monoisotopic (exact) mass is 673 g/mol. The van der Waals surface area contributed by atoms with Crippen LogP contribution >= 0.6 is 0 Å². The molecule has 1 aromatic carbocycles. The van der Waals surface area contributed by atoms with Gasteiger partial charge in [0.05, 0.1) is 6.10 Å². The molecule has 2 N–H and O–H groups in total. The van der Waals surface area contributed by atoms with Crippen LogP contribution in [0.5, 0.6) is 11.5 Å². The van der Waals surface area contributed by atoms with Crippen LogP contribution in [-0.2, 0) is 14.4 Å². The van der Waals surface area contributed by atoms with Crippen molar-refractivity contribution in [1.29, 1.82) is 0 Å². The zero-order valence-electron chi connectivity index (χ0n) is 31.1. The molecule has 6 rings (SSSR count). The van der Waals surface area contributed by atoms with Gasteiger partial charge < -0.3 is 19.9 Å². The average Bonchev–Trinajstić information content (AvgIpc) is 3.01. The number of carbonyl (C=O) groups is 3. The van der Waals surface area contributed by atoms with Crippen molar-refractivity contribution in [3.63, 3.8) is 0 Å². The quantitative estimate of drug-likeness (QED) is 0.136. The van der Waals surface area contributed by atoms with E-state index in [0.29, 0.717) is 35.8 Å². The fourth-order valence-electron chi connectivity index (χ4n) is 11.6. The highest BCUT2D eigenvalue weighted by Crippen LogP contribution is 2.73. The van der Waals surface area contributed by atoms with Crippen LogP contribution in [-0.4, -0.2) is 35.6 Å². The predicted octanol–water partition coefficient (Wildman–Crippen LogP) is 8.44. The Kier molecular flexibility index (Phi) is 9.29. The first-order valence-electron chi connectivity index (χ1n) is 18.8. The Bertz CT molecular complexity index is 1560. The summed E-state index contributed by atoms with van der Waals surface area (Å²) in [4.78, 5) is 36.5. The van der Waals surface area contributed by atoms with Crippen LogP contribution in [0.1, 0.15) is 125 Å². The summed E-state index contributed by atoms with van der Waals surface area (Å²) in [5.74, 6) is 1.48. The van der Waals surface area contributed by atoms with Gasteiger partial charge in [-0.1, -0.05) is 59.3 Å². The Labute approximate surface area is 293 Å². The minimum Gasteiger partial charge on any atom is -0.423 e. The van der Waals surface area contributed by atoms with Gasteiger partial charge >= 0.3 is 11.9 Å². The lowest BCUT2D eigenvalue weighted by molar-refractivity contribution is -0.162. The van der Waals surface area contributed by atoms with Crippen molar-refractivity contribution in [1.82, 2.24) is 5.32 Å². The Morgan fingerprint density at radius 2 is 1.57 bits per heavy atom. The summed E-state index contributed by atoms with van der Waals surface area (Å²) in [6.07, 6.45) is 17.1. The standard InChI is InChI=1S/C42H59NO6/c1-26(44)48-34-14-9-28(23-35(34)49-27(2)45)10-16-37(47)43-25-42-21-19-38(3,4)24-33(42)32-13-12-31-29-11-15-36(46)39(5,6)30(29)17-18-40(31,7)41(32,8)20-22-42/h9-10,13-14,16,23,29-31,33,36,46H,11-12,15,17-22,24-25H2,1-8H3,(H,43,47). The van der Waals surface area contributed by atoms with Crippen molar-refractivity contribution >= 4 is 23.9 Å². The number of amides is 1. The lowest BCUT2D eigenvalue weighted by Crippen LogP contribution is -2.62. The second-order valence-corrected chi connectivity index (χ2v) is 18.2. The molecule has 8 unspecified atom stereocenters. The highest BCUT2D eigenvalue weighted by molar-refractivity contribution is 5.92. The molecule has 4 fully saturated rings. The molecule has 7 nitrogen and oxygen atoms in total. The number of esters is 2. The number of nitrogens with one attached hydrogen (secondary N) is 1. The fraction of sp³-hybridized carbons (Fsp3) is 0.690. The Balaban J connectivity index is 1.22. The Hall–Kier alpha value is -2.93. The fourth-order valence-corrected chi connectivity index (χ4v) is 11.6. The highest BCUT2D eigenvalue weighted by atomic mass is 16.6. The molecule has 0 bridgehead atoms. The molecular formula is C42H59NO6. The van der Waals surface area contributed by atoms with E-state index < -0.39 is 11.9 Å². The number of benzene rings is 1. The van der Waals surface area contributed by atoms with Gasteiger partial charge in [0.15, 0.2) is 11.5 Å². The molecule has 7 heteroatoms. The predicted molar refractivity (Wildman–Crippen MR) is 192 cm³/mol. The van der Waals surface area contributed by atoms with Crippen LogP contribution in [0.25, 0.3) is 6.08 Å². The number of fused-ring (bicyclic) bond motifs is 7. The van der Waals surface area contributed by atoms with E-state index in [-0.39, 0.29) is 50.6 Å². The third-order valence-corrected chi connectivity index (χ3v) is 14.7. The van der Waals surface area contributed by atoms with Gasteiger partial charge in [-0.3, -0.25) is 14.4 Å². The van der Waals surface area contributed by atoms with E-state index in [2.05, 4.69) is 52.9 Å². The third-order valence-electron chi connectivity index (χ3n) is 14.7. The highest BCUT2D eigenvalue weighted by Gasteiger charge is 2.65. The first-order chi connectivity index (χ1) is 22.9. The van der Waals surface area contributed by atoms with E-state index in [1.54, 1.807) is 29.8 Å². The molecule has 0 radical (unpaired) electrons. The largest absolute Gasteiger partial charge is 0.423 e. The number of aliphatic hydroxyl groups excluding tert-OH is 1. The van der Waals surface area contributed by atoms with E-state index in [9.17, 15) is 19.5 Å². The molecular weight excluding hydrogens is 614 g/mol. The number of carbonyl (C=O) groups excluding carboxylic acids is 3. The summed E-state index contributed by atoms with van der Waals surface area (Å²) in [5, 5.41) is 14.3. The van der Waals surface area contributed by atoms with Crippen LogP contribution in [0.15, 0.2) is 35.9 Å². The van der Waals surface area contributed by atoms with Crippen LogP contribution in [0.3, 0.4) is 0 Å². The van der Waals surface area contributed by atoms with Crippen molar-refractivity contribution < 1.29 is 29.0 Å². The normalized spacial score (nSPS) is 37.4. The van der Waals surface area contributed by atoms with Gasteiger partial charge in [-0.05, 0) is 139 Å². The maximum Gasteiger partial charge on any atom is 0.308 e. The number of allylic oxidation sites excluding steroid dienone is 2. The van der Waals surface area contributed by atoms with Crippen LogP contribution in [0.2, 0.25) is 0 Å². The van der Waals surface area contributed by atoms with Gasteiger partial charge in [-0.15, -0.1) is 0 Å². The first kappa shape index (κ1) is 35.9. The second-order valence-electron chi connectivity index (χ2n) is 18.2. The lowest BCUT2D eigenvalue weighted by atomic mass is 9.36. The molecule has 49 heavy (non-hydrogen) atoms. The van der Waals surface area contributed by atoms with Crippen LogP contribution in [0, 0.1) is 50.7 Å². The SMILES string of the molecule is CC(=O)Oc1ccc(C=CC(=O)NCC23CCC(C)(C)CC2C2=CCC4C5CCC(O)C(C)(C)C5CCC4(C)C2(C)CC3)cc1OC(C)=O. The number of hydrogen-bond acceptors (Lipinski definition) is 6. The third kappa shape index (κ3) is 6.31. The summed E-state index contributed by atoms with van der Waals surface area (Å²) < 4.78 is 10.4. The number of hydrogen-bond donors (Lipinski definition) is 2. The lowest BCUT2D eigenvalue weighted by Gasteiger charge is -2.69. The average molecular weight is 674 g/mol. The van der Waals surface area contributed by atoms with Gasteiger partial charge in [0.1, 0.15) is 0 Å². The van der Waals surface area contributed by atoms with Crippen molar-refractivity contribution in [2.24, 2.45) is 50.7 Å². The molecule has 1 amide bonds. The maximum absolute atomic E-state index is 13.3. The molecule has 0 saturated heterocycles. The summed E-state index contributed by atoms with van der Waals surface area (Å²) in [6.45, 7) is 17.9. The molecule has 1 aromatic rings. The smallest absolute Gasteiger partial charge is 0.308 e. The molecule has 0 spiro atoms. The van der Waals surface area contributed by atoms with Crippen LogP contribution in [0.4, 0.5) is 0 Å². The Morgan fingerprint density at radius 3 is 2.29 bits per heavy atom. The van der Waals surface area contributed by atoms with E-state index in [4.69, 9.17) is 9.47 Å². The van der Waals surface area contributed by atoms with Gasteiger partial charge in [-0.25, -0.2) is 0 Å². The molecule has 0 aliphatic heterocycles. The summed E-state index contributed by atoms with van der Waals surface area (Å²) >= 11 is 0. The first-order valence-corrected chi connectivity index (χ1v) is 18.8. The van der Waals surface area contributed by atoms with E-state index in [1.807, 2.05) is 0 Å². The number of rotatable bonds is 6. The number of aliphatic hydroxyl groups is 1. The van der Waals surface area contributed by atoms with Gasteiger partial charge in [0.25, 0.3) is 0 Å². The van der Waals surface area contributed by atoms with Gasteiger partial charge in [0.2, 0.25) is 5.91 Å². The summed E-state index contributed by atoms with van der Waals surface area (Å²) in [7, 11) is 0. The molecule has 268 valence electrons. The minimum atomic E-state index is -0.525. The topological polar surface area (TPSA) is 102 Å². The summed E-state index contributed by atoms with van der Waals surface area (Å²) in [5.41, 5.74) is 3.00. The molecule has 4 saturated carbocycles. The Morgan fingerprint density at radius 1 is 0.878 bits per heavy atom. The molecule has 5 aliphatic rings. The van der Waals surface area contributed by atoms with Gasteiger partial charge in [-0.2, -0.15) is 0 Å². The van der Waals surface area contributed by atoms with Crippen LogP contribution < -0.4 is 14.8 Å². The van der Waals surface area contributed by atoms with E-state index in [0.717, 1.165) is 51.4 Å². The zero-order chi connectivity index (χ0) is 35.6. The van der Waals surface area contributed by atoms with Crippen molar-refractivity contribution in [2.75, 3.05) is 6.54 Å². The van der Waals surface area contributed by atoms with Crippen molar-refractivity contribution in [3.8, 4) is 11.5 Å². The molecule has 8 atom stereocenters. The second kappa shape index (κ2) is 12.7. The zero-order valence-corrected chi connectivity index (χ0v) is 31.1. The van der Waals surface area contributed by atoms with E-state index in [1.165, 1.54) is 32.8 Å². The molecule has 0 aromatic heterocycles. The molecule has 5 aliphatic carbocycles. The van der Waals surface area contributed by atoms with Gasteiger partial charge in [0, 0.05) is 26.5 Å². The van der Waals surface area contributed by atoms with Crippen molar-refractivity contribution in [2.45, 2.75) is 126 Å². The van der Waals surface area contributed by atoms with Crippen molar-refractivity contribution in [3.05, 3.63) is 41.5 Å². The maximum atomic E-state index is 13.3. The summed E-state index contributed by atoms with van der Waals surface area (Å²) in [6, 6.07) is 4.89. The van der Waals surface area contributed by atoms with E-state index >= 15 is 0 Å². The number of ether oxygens (including phenoxy) is 2.